The maximum atomic E-state index is 2.49. The van der Waals surface area contributed by atoms with Gasteiger partial charge in [-0.1, -0.05) is 70.7 Å². The summed E-state index contributed by atoms with van der Waals surface area (Å²) in [7, 11) is 0. The number of hydrogen-bond acceptors (Lipinski definition) is 1. The zero-order valence-electron chi connectivity index (χ0n) is 15.7. The van der Waals surface area contributed by atoms with Crippen molar-refractivity contribution in [2.75, 3.05) is 3.11 Å². The second-order valence-corrected chi connectivity index (χ2v) is 7.77. The Balaban J connectivity index is 2.71. The summed E-state index contributed by atoms with van der Waals surface area (Å²) in [5.41, 5.74) is 6.19. The van der Waals surface area contributed by atoms with Gasteiger partial charge in [-0.15, -0.1) is 0 Å². The van der Waals surface area contributed by atoms with Gasteiger partial charge in [-0.05, 0) is 49.5 Å². The van der Waals surface area contributed by atoms with E-state index >= 15 is 0 Å². The van der Waals surface area contributed by atoms with Crippen molar-refractivity contribution in [1.29, 1.82) is 0 Å². The first-order chi connectivity index (χ1) is 11.7. The highest BCUT2D eigenvalue weighted by Gasteiger charge is 2.42. The number of para-hydroxylation sites is 1. The minimum atomic E-state index is 0.216. The molecule has 2 rings (SSSR count). The maximum absolute atomic E-state index is 2.49. The van der Waals surface area contributed by atoms with Gasteiger partial charge in [-0.25, -0.2) is 0 Å². The molecular formula is C22H32IN. The molecule has 0 atom stereocenters. The van der Waals surface area contributed by atoms with Crippen LogP contribution in [0.2, 0.25) is 0 Å². The molecule has 1 aromatic carbocycles. The number of benzene rings is 1. The molecule has 1 aliphatic heterocycles. The molecular weight excluding hydrogens is 405 g/mol. The van der Waals surface area contributed by atoms with Crippen molar-refractivity contribution in [2.45, 2.75) is 78.1 Å². The second kappa shape index (κ2) is 9.07. The number of hydrogen-bond donors (Lipinski definition) is 0. The first-order valence-corrected chi connectivity index (χ1v) is 10.5. The van der Waals surface area contributed by atoms with E-state index in [-0.39, 0.29) is 5.41 Å². The third-order valence-electron chi connectivity index (χ3n) is 5.32. The minimum absolute atomic E-state index is 0.216. The van der Waals surface area contributed by atoms with E-state index in [1.54, 1.807) is 11.1 Å². The number of allylic oxidation sites excluding steroid dienone is 3. The Morgan fingerprint density at radius 1 is 1.04 bits per heavy atom. The number of nitrogens with zero attached hydrogens (tertiary/aromatic N) is 1. The molecule has 24 heavy (non-hydrogen) atoms. The number of fused-ring (bicyclic) bond motifs is 1. The van der Waals surface area contributed by atoms with E-state index in [0.29, 0.717) is 0 Å². The molecule has 0 radical (unpaired) electrons. The molecule has 0 saturated carbocycles. The van der Waals surface area contributed by atoms with E-state index in [0.717, 1.165) is 6.42 Å². The minimum Gasteiger partial charge on any atom is -0.283 e. The smallest absolute Gasteiger partial charge is 0.0646 e. The van der Waals surface area contributed by atoms with Gasteiger partial charge in [0.05, 0.1) is 34.2 Å². The lowest BCUT2D eigenvalue weighted by atomic mass is 9.64. The van der Waals surface area contributed by atoms with E-state index in [1.807, 2.05) is 0 Å². The summed E-state index contributed by atoms with van der Waals surface area (Å²) in [6, 6.07) is 9.09. The molecule has 1 heterocycles. The Kier molecular flexibility index (Phi) is 7.39. The topological polar surface area (TPSA) is 3.24 Å². The van der Waals surface area contributed by atoms with Gasteiger partial charge >= 0.3 is 0 Å². The predicted octanol–water partition coefficient (Wildman–Crippen LogP) is 7.72. The number of unbranched alkanes of at least 4 members (excludes halogenated alkanes) is 2. The Labute approximate surface area is 162 Å². The molecule has 0 unspecified atom stereocenters. The molecule has 0 spiro atoms. The van der Waals surface area contributed by atoms with Gasteiger partial charge in [0, 0.05) is 5.41 Å². The highest BCUT2D eigenvalue weighted by Crippen LogP contribution is 2.53. The number of anilines is 1. The van der Waals surface area contributed by atoms with Gasteiger partial charge in [-0.2, -0.15) is 0 Å². The Bertz CT molecular complexity index is 592. The third-order valence-corrected chi connectivity index (χ3v) is 6.36. The highest BCUT2D eigenvalue weighted by atomic mass is 127. The molecule has 1 aromatic rings. The van der Waals surface area contributed by atoms with Crippen molar-refractivity contribution >= 4 is 28.6 Å². The lowest BCUT2D eigenvalue weighted by molar-refractivity contribution is 0.384. The average Bonchev–Trinajstić information content (AvgIpc) is 2.62. The standard InChI is InChI=1S/C22H32IN/c1-5-9-16-22(17-10-6-2)18(8-4)20(13-7-3)24(23)21-15-12-11-14-19(21)22/h7,11-15H,5-6,8-10,16-17H2,1-4H3/b13-7-. The van der Waals surface area contributed by atoms with Crippen molar-refractivity contribution in [3.05, 3.63) is 53.3 Å². The SMILES string of the molecule is C/C=C\C1=C(CC)C(CCCC)(CCCC)c2ccccc2N1I. The lowest BCUT2D eigenvalue weighted by Crippen LogP contribution is -2.36. The molecule has 0 amide bonds. The summed E-state index contributed by atoms with van der Waals surface area (Å²) in [5.74, 6) is 0. The van der Waals surface area contributed by atoms with Gasteiger partial charge in [0.25, 0.3) is 0 Å². The predicted molar refractivity (Wildman–Crippen MR) is 116 cm³/mol. The molecule has 0 saturated heterocycles. The lowest BCUT2D eigenvalue weighted by Gasteiger charge is -2.45. The first-order valence-electron chi connectivity index (χ1n) is 9.57. The van der Waals surface area contributed by atoms with E-state index in [9.17, 15) is 0 Å². The fraction of sp³-hybridized carbons (Fsp3) is 0.545. The van der Waals surface area contributed by atoms with Crippen LogP contribution in [0.25, 0.3) is 0 Å². The van der Waals surface area contributed by atoms with Crippen molar-refractivity contribution in [3.63, 3.8) is 0 Å². The molecule has 132 valence electrons. The van der Waals surface area contributed by atoms with Crippen LogP contribution >= 0.6 is 22.9 Å². The molecule has 0 aliphatic carbocycles. The second-order valence-electron chi connectivity index (χ2n) is 6.80. The van der Waals surface area contributed by atoms with Crippen LogP contribution < -0.4 is 3.11 Å². The van der Waals surface area contributed by atoms with Crippen molar-refractivity contribution < 1.29 is 0 Å². The van der Waals surface area contributed by atoms with Crippen molar-refractivity contribution in [1.82, 2.24) is 0 Å². The van der Waals surface area contributed by atoms with E-state index < -0.39 is 0 Å². The quantitative estimate of drug-likeness (QED) is 0.297. The Morgan fingerprint density at radius 3 is 2.21 bits per heavy atom. The molecule has 1 nitrogen and oxygen atoms in total. The largest absolute Gasteiger partial charge is 0.283 e. The van der Waals surface area contributed by atoms with Crippen LogP contribution in [0.1, 0.15) is 78.2 Å². The molecule has 0 N–H and O–H groups in total. The Morgan fingerprint density at radius 2 is 1.67 bits per heavy atom. The van der Waals surface area contributed by atoms with Gasteiger partial charge < -0.3 is 0 Å². The normalized spacial score (nSPS) is 16.8. The molecule has 1 aliphatic rings. The number of halogens is 1. The van der Waals surface area contributed by atoms with Crippen LogP contribution in [0.4, 0.5) is 5.69 Å². The van der Waals surface area contributed by atoms with Crippen LogP contribution in [-0.2, 0) is 5.41 Å². The summed E-state index contributed by atoms with van der Waals surface area (Å²) in [6.07, 6.45) is 13.3. The van der Waals surface area contributed by atoms with E-state index in [4.69, 9.17) is 0 Å². The van der Waals surface area contributed by atoms with Crippen LogP contribution in [0.15, 0.2) is 47.7 Å². The Hall–Kier alpha value is -0.770. The summed E-state index contributed by atoms with van der Waals surface area (Å²) in [5, 5.41) is 0. The maximum Gasteiger partial charge on any atom is 0.0646 e. The zero-order chi connectivity index (χ0) is 17.6. The molecule has 0 aromatic heterocycles. The highest BCUT2D eigenvalue weighted by molar-refractivity contribution is 14.1. The first kappa shape index (κ1) is 19.6. The average molecular weight is 437 g/mol. The zero-order valence-corrected chi connectivity index (χ0v) is 17.9. The fourth-order valence-electron chi connectivity index (χ4n) is 4.20. The molecule has 2 heteroatoms. The monoisotopic (exact) mass is 437 g/mol. The van der Waals surface area contributed by atoms with Gasteiger partial charge in [0.1, 0.15) is 0 Å². The van der Waals surface area contributed by atoms with Gasteiger partial charge in [0.15, 0.2) is 0 Å². The summed E-state index contributed by atoms with van der Waals surface area (Å²) >= 11 is 2.49. The van der Waals surface area contributed by atoms with Gasteiger partial charge in [-0.3, -0.25) is 3.11 Å². The van der Waals surface area contributed by atoms with Crippen LogP contribution in [0, 0.1) is 0 Å². The van der Waals surface area contributed by atoms with Crippen LogP contribution in [0.3, 0.4) is 0 Å². The van der Waals surface area contributed by atoms with Crippen molar-refractivity contribution in [2.24, 2.45) is 0 Å². The van der Waals surface area contributed by atoms with Gasteiger partial charge in [0.2, 0.25) is 0 Å². The van der Waals surface area contributed by atoms with Crippen LogP contribution in [-0.4, -0.2) is 0 Å². The summed E-state index contributed by atoms with van der Waals surface area (Å²) in [6.45, 7) is 9.10. The third kappa shape index (κ3) is 3.58. The van der Waals surface area contributed by atoms with Crippen LogP contribution in [0.5, 0.6) is 0 Å². The van der Waals surface area contributed by atoms with E-state index in [2.05, 4.69) is 90.1 Å². The summed E-state index contributed by atoms with van der Waals surface area (Å²) in [4.78, 5) is 0. The summed E-state index contributed by atoms with van der Waals surface area (Å²) < 4.78 is 2.38. The molecule has 0 fully saturated rings. The van der Waals surface area contributed by atoms with E-state index in [1.165, 1.54) is 49.9 Å². The fourth-order valence-corrected chi connectivity index (χ4v) is 5.07. The van der Waals surface area contributed by atoms with Crippen molar-refractivity contribution in [3.8, 4) is 0 Å². The number of rotatable bonds is 8. The molecule has 0 bridgehead atoms.